The zero-order chi connectivity index (χ0) is 13.8. The minimum Gasteiger partial charge on any atom is -0.378 e. The number of rotatable bonds is 4. The van der Waals surface area contributed by atoms with Gasteiger partial charge in [0.15, 0.2) is 0 Å². The summed E-state index contributed by atoms with van der Waals surface area (Å²) < 4.78 is 0. The number of benzene rings is 1. The van der Waals surface area contributed by atoms with E-state index in [0.29, 0.717) is 0 Å². The summed E-state index contributed by atoms with van der Waals surface area (Å²) in [5, 5.41) is 3.37. The first-order chi connectivity index (χ1) is 9.06. The Morgan fingerprint density at radius 3 is 2.53 bits per heavy atom. The normalized spacial score (nSPS) is 10.3. The Morgan fingerprint density at radius 1 is 1.11 bits per heavy atom. The standard InChI is InChI=1S/C16H21N3/c1-12-10-15(19(3)4)9-8-14(12)11-17-16-7-5-6-13(2)18-16/h5-10H,11H2,1-4H3,(H,17,18). The molecule has 0 atom stereocenters. The molecule has 0 saturated heterocycles. The van der Waals surface area contributed by atoms with Crippen LogP contribution in [0.4, 0.5) is 11.5 Å². The highest BCUT2D eigenvalue weighted by Gasteiger charge is 2.02. The Balaban J connectivity index is 2.07. The summed E-state index contributed by atoms with van der Waals surface area (Å²) in [6.45, 7) is 4.95. The Labute approximate surface area is 115 Å². The number of nitrogens with one attached hydrogen (secondary N) is 1. The van der Waals surface area contributed by atoms with Crippen molar-refractivity contribution in [2.45, 2.75) is 20.4 Å². The molecule has 0 unspecified atom stereocenters. The minimum absolute atomic E-state index is 0.802. The summed E-state index contributed by atoms with van der Waals surface area (Å²) in [7, 11) is 4.12. The highest BCUT2D eigenvalue weighted by atomic mass is 15.1. The van der Waals surface area contributed by atoms with Gasteiger partial charge in [-0.3, -0.25) is 0 Å². The van der Waals surface area contributed by atoms with Gasteiger partial charge in [-0.2, -0.15) is 0 Å². The number of pyridine rings is 1. The van der Waals surface area contributed by atoms with Crippen molar-refractivity contribution in [3.05, 3.63) is 53.2 Å². The lowest BCUT2D eigenvalue weighted by Gasteiger charge is -2.15. The van der Waals surface area contributed by atoms with Gasteiger partial charge in [0.1, 0.15) is 5.82 Å². The summed E-state index contributed by atoms with van der Waals surface area (Å²) in [4.78, 5) is 6.56. The van der Waals surface area contributed by atoms with Crippen molar-refractivity contribution >= 4 is 11.5 Å². The molecular weight excluding hydrogens is 234 g/mol. The Kier molecular flexibility index (Phi) is 4.05. The fourth-order valence-corrected chi connectivity index (χ4v) is 1.98. The van der Waals surface area contributed by atoms with Crippen molar-refractivity contribution in [3.63, 3.8) is 0 Å². The molecule has 0 amide bonds. The second-order valence-electron chi connectivity index (χ2n) is 5.02. The van der Waals surface area contributed by atoms with Gasteiger partial charge in [0.2, 0.25) is 0 Å². The van der Waals surface area contributed by atoms with Gasteiger partial charge in [0.25, 0.3) is 0 Å². The Morgan fingerprint density at radius 2 is 1.89 bits per heavy atom. The van der Waals surface area contributed by atoms with Gasteiger partial charge in [-0.15, -0.1) is 0 Å². The fraction of sp³-hybridized carbons (Fsp3) is 0.312. The van der Waals surface area contributed by atoms with Crippen LogP contribution >= 0.6 is 0 Å². The largest absolute Gasteiger partial charge is 0.378 e. The molecule has 1 heterocycles. The molecule has 1 aromatic heterocycles. The van der Waals surface area contributed by atoms with Crippen LogP contribution in [0.25, 0.3) is 0 Å². The molecule has 1 N–H and O–H groups in total. The lowest BCUT2D eigenvalue weighted by atomic mass is 10.1. The monoisotopic (exact) mass is 255 g/mol. The molecule has 3 nitrogen and oxygen atoms in total. The molecular formula is C16H21N3. The van der Waals surface area contributed by atoms with Gasteiger partial charge in [-0.25, -0.2) is 4.98 Å². The lowest BCUT2D eigenvalue weighted by molar-refractivity contribution is 1.06. The van der Waals surface area contributed by atoms with Gasteiger partial charge < -0.3 is 10.2 Å². The maximum atomic E-state index is 4.44. The Bertz CT molecular complexity index is 562. The molecule has 0 spiro atoms. The summed E-state index contributed by atoms with van der Waals surface area (Å²) in [5.74, 6) is 0.927. The second kappa shape index (κ2) is 5.74. The highest BCUT2D eigenvalue weighted by molar-refractivity contribution is 5.50. The van der Waals surface area contributed by atoms with Crippen LogP contribution in [0.3, 0.4) is 0 Å². The number of aryl methyl sites for hydroxylation is 2. The SMILES string of the molecule is Cc1cccc(NCc2ccc(N(C)C)cc2C)n1. The average Bonchev–Trinajstić information content (AvgIpc) is 2.37. The minimum atomic E-state index is 0.802. The molecule has 0 bridgehead atoms. The number of anilines is 2. The van der Waals surface area contributed by atoms with E-state index >= 15 is 0 Å². The van der Waals surface area contributed by atoms with Crippen molar-refractivity contribution in [2.75, 3.05) is 24.3 Å². The highest BCUT2D eigenvalue weighted by Crippen LogP contribution is 2.18. The van der Waals surface area contributed by atoms with Crippen molar-refractivity contribution in [1.29, 1.82) is 0 Å². The van der Waals surface area contributed by atoms with Crippen LogP contribution in [0.15, 0.2) is 36.4 Å². The molecule has 100 valence electrons. The van der Waals surface area contributed by atoms with E-state index in [4.69, 9.17) is 0 Å². The maximum absolute atomic E-state index is 4.44. The van der Waals surface area contributed by atoms with Crippen LogP contribution in [0.5, 0.6) is 0 Å². The third-order valence-corrected chi connectivity index (χ3v) is 3.19. The van der Waals surface area contributed by atoms with E-state index in [-0.39, 0.29) is 0 Å². The van der Waals surface area contributed by atoms with Crippen LogP contribution in [-0.4, -0.2) is 19.1 Å². The van der Waals surface area contributed by atoms with Gasteiger partial charge in [-0.05, 0) is 49.2 Å². The molecule has 2 rings (SSSR count). The van der Waals surface area contributed by atoms with Gasteiger partial charge in [0, 0.05) is 32.0 Å². The molecule has 0 aliphatic heterocycles. The van der Waals surface area contributed by atoms with Gasteiger partial charge in [-0.1, -0.05) is 12.1 Å². The molecule has 0 aliphatic rings. The summed E-state index contributed by atoms with van der Waals surface area (Å²) in [6.07, 6.45) is 0. The molecule has 1 aromatic carbocycles. The first-order valence-electron chi connectivity index (χ1n) is 6.50. The number of hydrogen-bond donors (Lipinski definition) is 1. The van der Waals surface area contributed by atoms with E-state index in [1.165, 1.54) is 16.8 Å². The zero-order valence-corrected chi connectivity index (χ0v) is 12.1. The maximum Gasteiger partial charge on any atom is 0.126 e. The fourth-order valence-electron chi connectivity index (χ4n) is 1.98. The first-order valence-corrected chi connectivity index (χ1v) is 6.50. The zero-order valence-electron chi connectivity index (χ0n) is 12.1. The van der Waals surface area contributed by atoms with Crippen LogP contribution < -0.4 is 10.2 Å². The number of hydrogen-bond acceptors (Lipinski definition) is 3. The smallest absolute Gasteiger partial charge is 0.126 e. The van der Waals surface area contributed by atoms with E-state index in [9.17, 15) is 0 Å². The molecule has 3 heteroatoms. The predicted molar refractivity (Wildman–Crippen MR) is 81.8 cm³/mol. The first kappa shape index (κ1) is 13.4. The third kappa shape index (κ3) is 3.47. The number of nitrogens with zero attached hydrogens (tertiary/aromatic N) is 2. The van der Waals surface area contributed by atoms with E-state index in [1.54, 1.807) is 0 Å². The lowest BCUT2D eigenvalue weighted by Crippen LogP contribution is -2.10. The van der Waals surface area contributed by atoms with Crippen molar-refractivity contribution in [1.82, 2.24) is 4.98 Å². The molecule has 0 radical (unpaired) electrons. The van der Waals surface area contributed by atoms with E-state index in [1.807, 2.05) is 25.1 Å². The summed E-state index contributed by atoms with van der Waals surface area (Å²) >= 11 is 0. The van der Waals surface area contributed by atoms with Crippen LogP contribution in [-0.2, 0) is 6.54 Å². The van der Waals surface area contributed by atoms with Crippen molar-refractivity contribution in [3.8, 4) is 0 Å². The molecule has 0 saturated carbocycles. The van der Waals surface area contributed by atoms with Crippen LogP contribution in [0, 0.1) is 13.8 Å². The quantitative estimate of drug-likeness (QED) is 0.907. The second-order valence-corrected chi connectivity index (χ2v) is 5.02. The molecule has 19 heavy (non-hydrogen) atoms. The topological polar surface area (TPSA) is 28.2 Å². The molecule has 0 fully saturated rings. The van der Waals surface area contributed by atoms with E-state index in [2.05, 4.69) is 54.4 Å². The van der Waals surface area contributed by atoms with E-state index < -0.39 is 0 Å². The third-order valence-electron chi connectivity index (χ3n) is 3.19. The molecule has 2 aromatic rings. The number of aromatic nitrogens is 1. The van der Waals surface area contributed by atoms with E-state index in [0.717, 1.165) is 18.1 Å². The predicted octanol–water partition coefficient (Wildman–Crippen LogP) is 3.38. The van der Waals surface area contributed by atoms with Gasteiger partial charge >= 0.3 is 0 Å². The Hall–Kier alpha value is -2.03. The molecule has 0 aliphatic carbocycles. The summed E-state index contributed by atoms with van der Waals surface area (Å²) in [6, 6.07) is 12.5. The van der Waals surface area contributed by atoms with Crippen molar-refractivity contribution in [2.24, 2.45) is 0 Å². The summed E-state index contributed by atoms with van der Waals surface area (Å²) in [5.41, 5.74) is 4.86. The van der Waals surface area contributed by atoms with Gasteiger partial charge in [0.05, 0.1) is 0 Å². The van der Waals surface area contributed by atoms with Crippen LogP contribution in [0.2, 0.25) is 0 Å². The van der Waals surface area contributed by atoms with Crippen molar-refractivity contribution < 1.29 is 0 Å². The average molecular weight is 255 g/mol. The van der Waals surface area contributed by atoms with Crippen LogP contribution in [0.1, 0.15) is 16.8 Å².